The van der Waals surface area contributed by atoms with E-state index >= 15 is 13.2 Å². The molecular weight excluding hydrogens is 425 g/mol. The van der Waals surface area contributed by atoms with E-state index in [1.54, 1.807) is 30.3 Å². The topological polar surface area (TPSA) is 69.1 Å². The van der Waals surface area contributed by atoms with E-state index in [1.165, 1.54) is 72.8 Å². The molecule has 4 N–H and O–H groups in total. The van der Waals surface area contributed by atoms with Crippen LogP contribution >= 0.6 is 0 Å². The van der Waals surface area contributed by atoms with Crippen LogP contribution in [0.5, 0.6) is 0 Å². The summed E-state index contributed by atoms with van der Waals surface area (Å²) in [4.78, 5) is 12.8. The molecule has 6 heteroatoms. The standard InChI is InChI=1S/C27H21F3N2O/c28-27(29,30)26(21-10-14-23(31)15-11-21,22-12-16-24(32)17-13-22)20-8-6-19(7-9-20)25(33)18-4-2-1-3-5-18/h1-17H,31-32H2. The van der Waals surface area contributed by atoms with Crippen LogP contribution in [0.25, 0.3) is 0 Å². The second-order valence-corrected chi connectivity index (χ2v) is 7.76. The first-order valence-electron chi connectivity index (χ1n) is 10.2. The Morgan fingerprint density at radius 3 is 1.30 bits per heavy atom. The van der Waals surface area contributed by atoms with Crippen molar-refractivity contribution < 1.29 is 18.0 Å². The van der Waals surface area contributed by atoms with E-state index in [4.69, 9.17) is 11.5 Å². The van der Waals surface area contributed by atoms with Gasteiger partial charge in [0.25, 0.3) is 0 Å². The number of nitrogen functional groups attached to an aromatic ring is 2. The lowest BCUT2D eigenvalue weighted by Crippen LogP contribution is -2.44. The Labute approximate surface area is 189 Å². The summed E-state index contributed by atoms with van der Waals surface area (Å²) in [6.45, 7) is 0. The average molecular weight is 446 g/mol. The Morgan fingerprint density at radius 2 is 0.909 bits per heavy atom. The molecule has 166 valence electrons. The second kappa shape index (κ2) is 8.47. The summed E-state index contributed by atoms with van der Waals surface area (Å²) < 4.78 is 45.1. The van der Waals surface area contributed by atoms with E-state index in [1.807, 2.05) is 0 Å². The molecule has 0 aromatic heterocycles. The zero-order chi connectivity index (χ0) is 23.6. The number of carbonyl (C=O) groups is 1. The number of alkyl halides is 3. The second-order valence-electron chi connectivity index (χ2n) is 7.76. The van der Waals surface area contributed by atoms with Gasteiger partial charge in [-0.1, -0.05) is 78.9 Å². The first-order chi connectivity index (χ1) is 15.7. The molecule has 0 unspecified atom stereocenters. The number of rotatable bonds is 5. The summed E-state index contributed by atoms with van der Waals surface area (Å²) in [7, 11) is 0. The van der Waals surface area contributed by atoms with Gasteiger partial charge in [-0.3, -0.25) is 4.79 Å². The molecule has 0 aliphatic heterocycles. The number of hydrogen-bond acceptors (Lipinski definition) is 3. The largest absolute Gasteiger partial charge is 0.406 e. The van der Waals surface area contributed by atoms with Gasteiger partial charge >= 0.3 is 6.18 Å². The fourth-order valence-corrected chi connectivity index (χ4v) is 4.09. The molecule has 0 atom stereocenters. The average Bonchev–Trinajstić information content (AvgIpc) is 2.81. The van der Waals surface area contributed by atoms with Crippen LogP contribution in [0.1, 0.15) is 32.6 Å². The van der Waals surface area contributed by atoms with Crippen molar-refractivity contribution in [3.8, 4) is 0 Å². The minimum atomic E-state index is -4.70. The Morgan fingerprint density at radius 1 is 0.545 bits per heavy atom. The van der Waals surface area contributed by atoms with E-state index in [9.17, 15) is 4.79 Å². The van der Waals surface area contributed by atoms with Crippen LogP contribution in [-0.2, 0) is 5.41 Å². The predicted octanol–water partition coefficient (Wildman–Crippen LogP) is 5.98. The van der Waals surface area contributed by atoms with Gasteiger partial charge in [-0.25, -0.2) is 0 Å². The highest BCUT2D eigenvalue weighted by atomic mass is 19.4. The number of ketones is 1. The van der Waals surface area contributed by atoms with E-state index < -0.39 is 11.6 Å². The van der Waals surface area contributed by atoms with Gasteiger partial charge in [-0.15, -0.1) is 0 Å². The molecule has 33 heavy (non-hydrogen) atoms. The smallest absolute Gasteiger partial charge is 0.399 e. The lowest BCUT2D eigenvalue weighted by atomic mass is 9.68. The van der Waals surface area contributed by atoms with Gasteiger partial charge in [0.2, 0.25) is 0 Å². The third-order valence-corrected chi connectivity index (χ3v) is 5.73. The highest BCUT2D eigenvalue weighted by molar-refractivity contribution is 6.08. The number of anilines is 2. The minimum absolute atomic E-state index is 0.0103. The number of benzene rings is 4. The Bertz CT molecular complexity index is 1200. The maximum atomic E-state index is 15.0. The fourth-order valence-electron chi connectivity index (χ4n) is 4.09. The van der Waals surface area contributed by atoms with Crippen molar-refractivity contribution in [2.75, 3.05) is 11.5 Å². The minimum Gasteiger partial charge on any atom is -0.399 e. The molecule has 0 spiro atoms. The summed E-state index contributed by atoms with van der Waals surface area (Å²) in [6, 6.07) is 25.5. The van der Waals surface area contributed by atoms with Crippen LogP contribution in [0.3, 0.4) is 0 Å². The third kappa shape index (κ3) is 3.96. The third-order valence-electron chi connectivity index (χ3n) is 5.73. The number of hydrogen-bond donors (Lipinski definition) is 2. The summed E-state index contributed by atoms with van der Waals surface area (Å²) in [6.07, 6.45) is -4.70. The van der Waals surface area contributed by atoms with Gasteiger partial charge in [0.1, 0.15) is 5.41 Å². The van der Waals surface area contributed by atoms with Crippen LogP contribution in [-0.4, -0.2) is 12.0 Å². The molecule has 0 saturated carbocycles. The van der Waals surface area contributed by atoms with E-state index in [0.717, 1.165) is 0 Å². The van der Waals surface area contributed by atoms with Crippen molar-refractivity contribution in [1.29, 1.82) is 0 Å². The van der Waals surface area contributed by atoms with Gasteiger partial charge in [0.05, 0.1) is 0 Å². The van der Waals surface area contributed by atoms with Crippen LogP contribution in [0.2, 0.25) is 0 Å². The molecular formula is C27H21F3N2O. The molecule has 0 aliphatic rings. The predicted molar refractivity (Wildman–Crippen MR) is 124 cm³/mol. The van der Waals surface area contributed by atoms with Crippen LogP contribution in [0.4, 0.5) is 24.5 Å². The summed E-state index contributed by atoms with van der Waals surface area (Å²) >= 11 is 0. The van der Waals surface area contributed by atoms with E-state index in [0.29, 0.717) is 22.5 Å². The van der Waals surface area contributed by atoms with Crippen molar-refractivity contribution in [1.82, 2.24) is 0 Å². The highest BCUT2D eigenvalue weighted by Gasteiger charge is 2.58. The Hall–Kier alpha value is -4.06. The molecule has 4 aromatic carbocycles. The Balaban J connectivity index is 1.92. The molecule has 3 nitrogen and oxygen atoms in total. The number of nitrogens with two attached hydrogens (primary N) is 2. The quantitative estimate of drug-likeness (QED) is 0.225. The molecule has 0 bridgehead atoms. The van der Waals surface area contributed by atoms with Crippen molar-refractivity contribution >= 4 is 17.2 Å². The van der Waals surface area contributed by atoms with Gasteiger partial charge in [-0.2, -0.15) is 13.2 Å². The maximum Gasteiger partial charge on any atom is 0.406 e. The zero-order valence-corrected chi connectivity index (χ0v) is 17.5. The number of carbonyl (C=O) groups excluding carboxylic acids is 1. The summed E-state index contributed by atoms with van der Waals surface area (Å²) in [5.74, 6) is -0.264. The first kappa shape index (κ1) is 22.1. The normalized spacial score (nSPS) is 11.8. The van der Waals surface area contributed by atoms with E-state index in [-0.39, 0.29) is 22.5 Å². The van der Waals surface area contributed by atoms with Gasteiger partial charge in [0.15, 0.2) is 5.78 Å². The van der Waals surface area contributed by atoms with Gasteiger partial charge in [-0.05, 0) is 41.0 Å². The summed E-state index contributed by atoms with van der Waals surface area (Å²) in [5.41, 5.74) is 10.5. The molecule has 0 aliphatic carbocycles. The molecule has 0 saturated heterocycles. The maximum absolute atomic E-state index is 15.0. The van der Waals surface area contributed by atoms with Crippen LogP contribution in [0.15, 0.2) is 103 Å². The molecule has 4 aromatic rings. The first-order valence-corrected chi connectivity index (χ1v) is 10.2. The monoisotopic (exact) mass is 446 g/mol. The lowest BCUT2D eigenvalue weighted by molar-refractivity contribution is -0.166. The van der Waals surface area contributed by atoms with Crippen LogP contribution < -0.4 is 11.5 Å². The Kier molecular flexibility index (Phi) is 5.68. The highest BCUT2D eigenvalue weighted by Crippen LogP contribution is 2.51. The SMILES string of the molecule is Nc1ccc(C(c2ccc(N)cc2)(c2ccc(C(=O)c3ccccc3)cc2)C(F)(F)F)cc1. The van der Waals surface area contributed by atoms with Crippen molar-refractivity contribution in [3.63, 3.8) is 0 Å². The fraction of sp³-hybridized carbons (Fsp3) is 0.0741. The molecule has 0 amide bonds. The molecule has 0 heterocycles. The molecule has 0 fully saturated rings. The van der Waals surface area contributed by atoms with E-state index in [2.05, 4.69) is 0 Å². The van der Waals surface area contributed by atoms with Crippen molar-refractivity contribution in [2.24, 2.45) is 0 Å². The molecule has 4 rings (SSSR count). The van der Waals surface area contributed by atoms with Crippen molar-refractivity contribution in [2.45, 2.75) is 11.6 Å². The van der Waals surface area contributed by atoms with Gasteiger partial charge in [0, 0.05) is 22.5 Å². The number of halogens is 3. The lowest BCUT2D eigenvalue weighted by Gasteiger charge is -2.37. The molecule has 0 radical (unpaired) electrons. The van der Waals surface area contributed by atoms with Crippen LogP contribution in [0, 0.1) is 0 Å². The van der Waals surface area contributed by atoms with Crippen molar-refractivity contribution in [3.05, 3.63) is 131 Å². The van der Waals surface area contributed by atoms with Gasteiger partial charge < -0.3 is 11.5 Å². The zero-order valence-electron chi connectivity index (χ0n) is 17.5. The summed E-state index contributed by atoms with van der Waals surface area (Å²) in [5, 5.41) is 0.